The number of nitrogens with one attached hydrogen (secondary N) is 2. The molecule has 0 heterocycles. The van der Waals surface area contributed by atoms with E-state index < -0.39 is 0 Å². The largest absolute Gasteiger partial charge is 0.497 e. The highest BCUT2D eigenvalue weighted by molar-refractivity contribution is 5.91. The van der Waals surface area contributed by atoms with Gasteiger partial charge in [-0.05, 0) is 48.4 Å². The molecule has 0 unspecified atom stereocenters. The van der Waals surface area contributed by atoms with Crippen molar-refractivity contribution in [3.8, 4) is 5.75 Å². The van der Waals surface area contributed by atoms with Gasteiger partial charge in [-0.3, -0.25) is 0 Å². The summed E-state index contributed by atoms with van der Waals surface area (Å²) in [5, 5.41) is 6.63. The summed E-state index contributed by atoms with van der Waals surface area (Å²) in [7, 11) is 1.61. The average molecular weight is 283 g/mol. The minimum Gasteiger partial charge on any atom is -0.497 e. The Labute approximate surface area is 123 Å². The summed E-state index contributed by atoms with van der Waals surface area (Å²) in [4.78, 5) is 11.7. The number of benzene rings is 2. The molecule has 5 heteroatoms. The first kappa shape index (κ1) is 14.6. The molecule has 108 valence electrons. The normalized spacial score (nSPS) is 10.4. The third kappa shape index (κ3) is 4.35. The zero-order valence-corrected chi connectivity index (χ0v) is 12.0. The Bertz CT molecular complexity index is 636. The molecule has 0 spiro atoms. The lowest BCUT2D eigenvalue weighted by Gasteiger charge is -2.06. The highest BCUT2D eigenvalue weighted by Gasteiger charge is 2.01. The number of hydrazone groups is 1. The van der Waals surface area contributed by atoms with Crippen LogP contribution in [-0.2, 0) is 0 Å². The number of carbonyl (C=O) groups is 1. The van der Waals surface area contributed by atoms with Gasteiger partial charge in [0.2, 0.25) is 0 Å². The topological polar surface area (TPSA) is 62.7 Å². The van der Waals surface area contributed by atoms with Crippen LogP contribution in [0.2, 0.25) is 0 Å². The number of carbonyl (C=O) groups excluding carboxylic acids is 1. The lowest BCUT2D eigenvalue weighted by molar-refractivity contribution is 0.252. The minimum atomic E-state index is -0.380. The summed E-state index contributed by atoms with van der Waals surface area (Å²) in [6.07, 6.45) is 1.57. The van der Waals surface area contributed by atoms with Gasteiger partial charge in [-0.25, -0.2) is 10.2 Å². The van der Waals surface area contributed by atoms with Gasteiger partial charge in [-0.2, -0.15) is 5.10 Å². The van der Waals surface area contributed by atoms with Crippen LogP contribution < -0.4 is 15.5 Å². The number of aryl methyl sites for hydroxylation is 1. The second-order valence-corrected chi connectivity index (χ2v) is 4.41. The van der Waals surface area contributed by atoms with E-state index in [1.54, 1.807) is 13.3 Å². The Hall–Kier alpha value is -2.82. The lowest BCUT2D eigenvalue weighted by atomic mass is 10.2. The van der Waals surface area contributed by atoms with Crippen molar-refractivity contribution in [2.24, 2.45) is 5.10 Å². The second kappa shape index (κ2) is 7.09. The van der Waals surface area contributed by atoms with Crippen LogP contribution in [0.4, 0.5) is 10.5 Å². The molecule has 0 bridgehead atoms. The summed E-state index contributed by atoms with van der Waals surface area (Å²) in [6.45, 7) is 1.93. The zero-order chi connectivity index (χ0) is 15.1. The van der Waals surface area contributed by atoms with Crippen molar-refractivity contribution in [2.75, 3.05) is 12.4 Å². The summed E-state index contributed by atoms with van der Waals surface area (Å²) in [5.41, 5.74) is 5.04. The summed E-state index contributed by atoms with van der Waals surface area (Å²) < 4.78 is 5.07. The first-order valence-corrected chi connectivity index (χ1v) is 6.49. The fourth-order valence-corrected chi connectivity index (χ4v) is 1.72. The van der Waals surface area contributed by atoms with E-state index in [9.17, 15) is 4.79 Å². The fraction of sp³-hybridized carbons (Fsp3) is 0.125. The Morgan fingerprint density at radius 2 is 1.86 bits per heavy atom. The number of anilines is 1. The van der Waals surface area contributed by atoms with Crippen molar-refractivity contribution in [3.63, 3.8) is 0 Å². The molecule has 0 fully saturated rings. The molecule has 0 aliphatic rings. The van der Waals surface area contributed by atoms with Crippen molar-refractivity contribution < 1.29 is 9.53 Å². The van der Waals surface area contributed by atoms with Gasteiger partial charge >= 0.3 is 6.03 Å². The van der Waals surface area contributed by atoms with Gasteiger partial charge in [0.15, 0.2) is 0 Å². The van der Waals surface area contributed by atoms with Crippen molar-refractivity contribution >= 4 is 17.9 Å². The number of hydrogen-bond donors (Lipinski definition) is 2. The van der Waals surface area contributed by atoms with Crippen molar-refractivity contribution in [1.29, 1.82) is 0 Å². The third-order valence-corrected chi connectivity index (χ3v) is 2.89. The smallest absolute Gasteiger partial charge is 0.339 e. The Balaban J connectivity index is 1.88. The van der Waals surface area contributed by atoms with E-state index in [0.717, 1.165) is 22.6 Å². The number of hydrogen-bond acceptors (Lipinski definition) is 3. The van der Waals surface area contributed by atoms with E-state index >= 15 is 0 Å². The van der Waals surface area contributed by atoms with E-state index in [-0.39, 0.29) is 6.03 Å². The number of ether oxygens (including phenoxy) is 1. The van der Waals surface area contributed by atoms with Gasteiger partial charge in [-0.15, -0.1) is 0 Å². The van der Waals surface area contributed by atoms with Gasteiger partial charge in [0, 0.05) is 5.69 Å². The monoisotopic (exact) mass is 283 g/mol. The molecule has 2 aromatic rings. The van der Waals surface area contributed by atoms with E-state index in [2.05, 4.69) is 15.8 Å². The Kier molecular flexibility index (Phi) is 4.93. The average Bonchev–Trinajstić information content (AvgIpc) is 2.50. The van der Waals surface area contributed by atoms with Crippen LogP contribution in [0.1, 0.15) is 11.1 Å². The Morgan fingerprint density at radius 3 is 2.52 bits per heavy atom. The molecule has 2 N–H and O–H groups in total. The van der Waals surface area contributed by atoms with Crippen molar-refractivity contribution in [3.05, 3.63) is 59.7 Å². The first-order valence-electron chi connectivity index (χ1n) is 6.49. The van der Waals surface area contributed by atoms with Gasteiger partial charge < -0.3 is 10.1 Å². The van der Waals surface area contributed by atoms with Crippen molar-refractivity contribution in [2.45, 2.75) is 6.92 Å². The molecular weight excluding hydrogens is 266 g/mol. The summed E-state index contributed by atoms with van der Waals surface area (Å²) in [5.74, 6) is 0.775. The molecule has 0 saturated heterocycles. The number of para-hydroxylation sites is 1. The minimum absolute atomic E-state index is 0.380. The van der Waals surface area contributed by atoms with Crippen LogP contribution in [0.5, 0.6) is 5.75 Å². The number of nitrogens with zero attached hydrogens (tertiary/aromatic N) is 1. The molecule has 0 aliphatic heterocycles. The van der Waals surface area contributed by atoms with E-state index in [0.29, 0.717) is 0 Å². The predicted octanol–water partition coefficient (Wildman–Crippen LogP) is 3.16. The van der Waals surface area contributed by atoms with E-state index in [1.807, 2.05) is 55.5 Å². The van der Waals surface area contributed by atoms with Crippen molar-refractivity contribution in [1.82, 2.24) is 5.43 Å². The highest BCUT2D eigenvalue weighted by Crippen LogP contribution is 2.12. The number of urea groups is 1. The molecule has 21 heavy (non-hydrogen) atoms. The number of rotatable bonds is 4. The predicted molar refractivity (Wildman–Crippen MR) is 83.9 cm³/mol. The quantitative estimate of drug-likeness (QED) is 0.668. The van der Waals surface area contributed by atoms with Crippen LogP contribution in [0, 0.1) is 6.92 Å². The number of methoxy groups -OCH3 is 1. The third-order valence-electron chi connectivity index (χ3n) is 2.89. The molecule has 5 nitrogen and oxygen atoms in total. The SMILES string of the molecule is COc1ccc(C=NNC(=O)Nc2ccccc2C)cc1. The standard InChI is InChI=1S/C16H17N3O2/c1-12-5-3-4-6-15(12)18-16(20)19-17-11-13-7-9-14(21-2)10-8-13/h3-11H,1-2H3,(H2,18,19,20). The molecule has 0 saturated carbocycles. The van der Waals surface area contributed by atoms with Crippen LogP contribution in [0.15, 0.2) is 53.6 Å². The maximum atomic E-state index is 11.7. The summed E-state index contributed by atoms with van der Waals surface area (Å²) in [6, 6.07) is 14.5. The maximum Gasteiger partial charge on any atom is 0.339 e. The molecule has 2 rings (SSSR count). The summed E-state index contributed by atoms with van der Waals surface area (Å²) >= 11 is 0. The molecule has 0 aromatic heterocycles. The van der Waals surface area contributed by atoms with E-state index in [1.165, 1.54) is 0 Å². The highest BCUT2D eigenvalue weighted by atomic mass is 16.5. The Morgan fingerprint density at radius 1 is 1.14 bits per heavy atom. The van der Waals surface area contributed by atoms with Gasteiger partial charge in [-0.1, -0.05) is 18.2 Å². The molecule has 0 radical (unpaired) electrons. The second-order valence-electron chi connectivity index (χ2n) is 4.41. The molecule has 2 amide bonds. The maximum absolute atomic E-state index is 11.7. The van der Waals surface area contributed by atoms with E-state index in [4.69, 9.17) is 4.74 Å². The lowest BCUT2D eigenvalue weighted by Crippen LogP contribution is -2.24. The van der Waals surface area contributed by atoms with Crippen LogP contribution in [0.3, 0.4) is 0 Å². The fourth-order valence-electron chi connectivity index (χ4n) is 1.72. The number of amides is 2. The van der Waals surface area contributed by atoms with Gasteiger partial charge in [0.25, 0.3) is 0 Å². The molecule has 0 atom stereocenters. The molecule has 0 aliphatic carbocycles. The first-order chi connectivity index (χ1) is 10.2. The van der Waals surface area contributed by atoms with Crippen LogP contribution >= 0.6 is 0 Å². The van der Waals surface area contributed by atoms with Gasteiger partial charge in [0.1, 0.15) is 5.75 Å². The zero-order valence-electron chi connectivity index (χ0n) is 12.0. The van der Waals surface area contributed by atoms with Gasteiger partial charge in [0.05, 0.1) is 13.3 Å². The van der Waals surface area contributed by atoms with Crippen LogP contribution in [-0.4, -0.2) is 19.4 Å². The molecular formula is C16H17N3O2. The molecule has 2 aromatic carbocycles. The van der Waals surface area contributed by atoms with Crippen LogP contribution in [0.25, 0.3) is 0 Å².